The molecule has 0 amide bonds. The topological polar surface area (TPSA) is 49.3 Å². The summed E-state index contributed by atoms with van der Waals surface area (Å²) in [5.74, 6) is 2.53. The van der Waals surface area contributed by atoms with Gasteiger partial charge in [-0.25, -0.2) is 9.98 Å². The number of rotatable bonds is 5. The molecule has 2 unspecified atom stereocenters. The molecule has 1 fully saturated rings. The lowest BCUT2D eigenvalue weighted by Gasteiger charge is -2.29. The first-order valence-corrected chi connectivity index (χ1v) is 8.94. The summed E-state index contributed by atoms with van der Waals surface area (Å²) < 4.78 is 0. The third-order valence-electron chi connectivity index (χ3n) is 4.21. The van der Waals surface area contributed by atoms with Crippen LogP contribution in [0.3, 0.4) is 0 Å². The summed E-state index contributed by atoms with van der Waals surface area (Å²) in [7, 11) is 0. The predicted octanol–water partition coefficient (Wildman–Crippen LogP) is 3.33. The Balaban J connectivity index is 1.85. The molecular weight excluding hydrogens is 280 g/mol. The summed E-state index contributed by atoms with van der Waals surface area (Å²) in [6.07, 6.45) is 7.41. The Morgan fingerprint density at radius 2 is 2.19 bits per heavy atom. The van der Waals surface area contributed by atoms with Gasteiger partial charge < -0.3 is 10.6 Å². The molecule has 0 saturated heterocycles. The third kappa shape index (κ3) is 5.30. The maximum absolute atomic E-state index is 4.65. The van der Waals surface area contributed by atoms with Gasteiger partial charge >= 0.3 is 0 Å². The highest BCUT2D eigenvalue weighted by Gasteiger charge is 2.21. The zero-order chi connectivity index (χ0) is 15.1. The van der Waals surface area contributed by atoms with Gasteiger partial charge in [-0.2, -0.15) is 0 Å². The molecule has 0 radical (unpaired) electrons. The minimum Gasteiger partial charge on any atom is -0.357 e. The first-order valence-electron chi connectivity index (χ1n) is 8.12. The monoisotopic (exact) mass is 308 g/mol. The molecule has 0 aliphatic heterocycles. The van der Waals surface area contributed by atoms with Crippen LogP contribution >= 0.6 is 11.3 Å². The van der Waals surface area contributed by atoms with Gasteiger partial charge in [-0.3, -0.25) is 0 Å². The van der Waals surface area contributed by atoms with Crippen molar-refractivity contribution in [1.29, 1.82) is 0 Å². The number of guanidine groups is 1. The van der Waals surface area contributed by atoms with Crippen molar-refractivity contribution in [2.75, 3.05) is 13.1 Å². The minimum atomic E-state index is 0.661. The fourth-order valence-corrected chi connectivity index (χ4v) is 3.60. The average Bonchev–Trinajstić information content (AvgIpc) is 2.89. The molecule has 2 N–H and O–H groups in total. The predicted molar refractivity (Wildman–Crippen MR) is 90.8 cm³/mol. The van der Waals surface area contributed by atoms with E-state index in [2.05, 4.69) is 41.4 Å². The normalized spacial score (nSPS) is 23.1. The molecule has 0 bridgehead atoms. The van der Waals surface area contributed by atoms with Crippen LogP contribution in [0.1, 0.15) is 49.4 Å². The summed E-state index contributed by atoms with van der Waals surface area (Å²) in [5, 5.41) is 7.92. The zero-order valence-corrected chi connectivity index (χ0v) is 14.3. The van der Waals surface area contributed by atoms with Gasteiger partial charge in [0.25, 0.3) is 0 Å². The van der Waals surface area contributed by atoms with Crippen LogP contribution in [0.5, 0.6) is 0 Å². The van der Waals surface area contributed by atoms with Crippen LogP contribution in [-0.4, -0.2) is 24.0 Å². The van der Waals surface area contributed by atoms with Crippen molar-refractivity contribution >= 4 is 17.3 Å². The van der Waals surface area contributed by atoms with Crippen molar-refractivity contribution in [1.82, 2.24) is 15.6 Å². The third-order valence-corrected chi connectivity index (χ3v) is 5.10. The van der Waals surface area contributed by atoms with E-state index in [1.807, 2.05) is 6.20 Å². The second-order valence-electron chi connectivity index (χ2n) is 5.96. The molecule has 1 aliphatic carbocycles. The van der Waals surface area contributed by atoms with Gasteiger partial charge in [0.05, 0.1) is 6.54 Å². The standard InChI is InChI=1S/C16H28N4S/c1-4-17-16(20-11-15-18-9-13(3)21-15)19-10-14-8-6-5-7-12(14)2/h9,12,14H,4-8,10-11H2,1-3H3,(H2,17,19,20). The zero-order valence-electron chi connectivity index (χ0n) is 13.5. The van der Waals surface area contributed by atoms with E-state index in [1.54, 1.807) is 11.3 Å². The number of hydrogen-bond acceptors (Lipinski definition) is 3. The van der Waals surface area contributed by atoms with Crippen LogP contribution in [-0.2, 0) is 6.54 Å². The van der Waals surface area contributed by atoms with Crippen LogP contribution < -0.4 is 10.6 Å². The summed E-state index contributed by atoms with van der Waals surface area (Å²) in [4.78, 5) is 10.3. The fraction of sp³-hybridized carbons (Fsp3) is 0.750. The van der Waals surface area contributed by atoms with Crippen LogP contribution in [0, 0.1) is 18.8 Å². The lowest BCUT2D eigenvalue weighted by atomic mass is 9.80. The van der Waals surface area contributed by atoms with Crippen molar-refractivity contribution in [2.45, 2.75) is 53.0 Å². The van der Waals surface area contributed by atoms with Crippen molar-refractivity contribution in [3.05, 3.63) is 16.1 Å². The van der Waals surface area contributed by atoms with Gasteiger partial charge in [-0.05, 0) is 32.1 Å². The van der Waals surface area contributed by atoms with Crippen LogP contribution in [0.25, 0.3) is 0 Å². The number of aliphatic imine (C=N–C) groups is 1. The number of thiazole rings is 1. The first-order chi connectivity index (χ1) is 10.2. The van der Waals surface area contributed by atoms with E-state index in [0.717, 1.165) is 35.9 Å². The first kappa shape index (κ1) is 16.3. The Kier molecular flexibility index (Phi) is 6.49. The molecule has 5 heteroatoms. The SMILES string of the molecule is CCNC(=NCc1ncc(C)s1)NCC1CCCCC1C. The van der Waals surface area contributed by atoms with E-state index in [4.69, 9.17) is 0 Å². The molecule has 21 heavy (non-hydrogen) atoms. The summed E-state index contributed by atoms with van der Waals surface area (Å²) in [5.41, 5.74) is 0. The Morgan fingerprint density at radius 1 is 1.38 bits per heavy atom. The number of hydrogen-bond donors (Lipinski definition) is 2. The van der Waals surface area contributed by atoms with Crippen LogP contribution in [0.15, 0.2) is 11.2 Å². The minimum absolute atomic E-state index is 0.661. The van der Waals surface area contributed by atoms with Crippen LogP contribution in [0.4, 0.5) is 0 Å². The molecule has 118 valence electrons. The van der Waals surface area contributed by atoms with E-state index in [9.17, 15) is 0 Å². The number of nitrogens with zero attached hydrogens (tertiary/aromatic N) is 2. The second kappa shape index (κ2) is 8.37. The molecule has 1 aromatic heterocycles. The smallest absolute Gasteiger partial charge is 0.191 e. The van der Waals surface area contributed by atoms with Crippen LogP contribution in [0.2, 0.25) is 0 Å². The van der Waals surface area contributed by atoms with Gasteiger partial charge in [0, 0.05) is 24.2 Å². The number of nitrogens with one attached hydrogen (secondary N) is 2. The Labute approximate surface area is 132 Å². The van der Waals surface area contributed by atoms with E-state index in [1.165, 1.54) is 30.6 Å². The van der Waals surface area contributed by atoms with E-state index in [-0.39, 0.29) is 0 Å². The largest absolute Gasteiger partial charge is 0.357 e. The lowest BCUT2D eigenvalue weighted by Crippen LogP contribution is -2.41. The molecule has 2 atom stereocenters. The fourth-order valence-electron chi connectivity index (χ4n) is 2.89. The van der Waals surface area contributed by atoms with E-state index in [0.29, 0.717) is 6.54 Å². The average molecular weight is 308 g/mol. The van der Waals surface area contributed by atoms with Gasteiger partial charge in [0.1, 0.15) is 5.01 Å². The Morgan fingerprint density at radius 3 is 2.86 bits per heavy atom. The molecule has 1 heterocycles. The van der Waals surface area contributed by atoms with Crippen molar-refractivity contribution in [2.24, 2.45) is 16.8 Å². The lowest BCUT2D eigenvalue weighted by molar-refractivity contribution is 0.256. The summed E-state index contributed by atoms with van der Waals surface area (Å²) in [6.45, 7) is 9.15. The molecule has 1 saturated carbocycles. The van der Waals surface area contributed by atoms with Crippen molar-refractivity contribution in [3.8, 4) is 0 Å². The molecule has 2 rings (SSSR count). The van der Waals surface area contributed by atoms with Gasteiger partial charge in [-0.1, -0.05) is 26.2 Å². The molecule has 0 aromatic carbocycles. The maximum atomic E-state index is 4.65. The highest BCUT2D eigenvalue weighted by Crippen LogP contribution is 2.28. The van der Waals surface area contributed by atoms with Crippen molar-refractivity contribution < 1.29 is 0 Å². The highest BCUT2D eigenvalue weighted by molar-refractivity contribution is 7.11. The maximum Gasteiger partial charge on any atom is 0.191 e. The summed E-state index contributed by atoms with van der Waals surface area (Å²) in [6, 6.07) is 0. The van der Waals surface area contributed by atoms with Crippen molar-refractivity contribution in [3.63, 3.8) is 0 Å². The molecule has 1 aromatic rings. The van der Waals surface area contributed by atoms with Gasteiger partial charge in [0.2, 0.25) is 0 Å². The summed E-state index contributed by atoms with van der Waals surface area (Å²) >= 11 is 1.72. The number of aryl methyl sites for hydroxylation is 1. The molecule has 1 aliphatic rings. The number of aromatic nitrogens is 1. The quantitative estimate of drug-likeness (QED) is 0.648. The molecule has 0 spiro atoms. The molecule has 4 nitrogen and oxygen atoms in total. The second-order valence-corrected chi connectivity index (χ2v) is 7.28. The Bertz CT molecular complexity index is 455. The van der Waals surface area contributed by atoms with Gasteiger partial charge in [-0.15, -0.1) is 11.3 Å². The Hall–Kier alpha value is -1.10. The highest BCUT2D eigenvalue weighted by atomic mass is 32.1. The molecular formula is C16H28N4S. The van der Waals surface area contributed by atoms with Gasteiger partial charge in [0.15, 0.2) is 5.96 Å². The van der Waals surface area contributed by atoms with E-state index < -0.39 is 0 Å². The van der Waals surface area contributed by atoms with E-state index >= 15 is 0 Å².